The molecule has 128 valence electrons. The number of thioether (sulfide) groups is 1. The molecule has 1 saturated heterocycles. The van der Waals surface area contributed by atoms with Gasteiger partial charge < -0.3 is 16.0 Å². The number of rotatable bonds is 5. The van der Waals surface area contributed by atoms with Gasteiger partial charge in [-0.25, -0.2) is 0 Å². The van der Waals surface area contributed by atoms with Crippen LogP contribution in [0.5, 0.6) is 0 Å². The van der Waals surface area contributed by atoms with Crippen molar-refractivity contribution in [2.45, 2.75) is 19.4 Å². The molecule has 5 nitrogen and oxygen atoms in total. The Morgan fingerprint density at radius 3 is 2.87 bits per heavy atom. The fourth-order valence-corrected chi connectivity index (χ4v) is 3.37. The van der Waals surface area contributed by atoms with E-state index in [1.54, 1.807) is 18.2 Å². The second-order valence-electron chi connectivity index (χ2n) is 5.03. The Labute approximate surface area is 151 Å². The van der Waals surface area contributed by atoms with Crippen molar-refractivity contribution in [3.8, 4) is 0 Å². The largest absolute Gasteiger partial charge is 0.352 e. The molecule has 3 N–H and O–H groups in total. The Balaban J connectivity index is 0.00000264. The molecule has 1 heterocycles. The lowest BCUT2D eigenvalue weighted by Gasteiger charge is -2.22. The van der Waals surface area contributed by atoms with Gasteiger partial charge in [0, 0.05) is 42.1 Å². The van der Waals surface area contributed by atoms with Gasteiger partial charge in [0.05, 0.1) is 11.3 Å². The van der Waals surface area contributed by atoms with Crippen LogP contribution in [0.4, 0.5) is 5.69 Å². The zero-order valence-electron chi connectivity index (χ0n) is 12.9. The lowest BCUT2D eigenvalue weighted by atomic mass is 10.1. The quantitative estimate of drug-likeness (QED) is 0.737. The van der Waals surface area contributed by atoms with Gasteiger partial charge in [0.15, 0.2) is 0 Å². The van der Waals surface area contributed by atoms with E-state index in [-0.39, 0.29) is 30.3 Å². The van der Waals surface area contributed by atoms with Crippen LogP contribution >= 0.6 is 35.8 Å². The van der Waals surface area contributed by atoms with Crippen LogP contribution in [0.3, 0.4) is 0 Å². The molecule has 0 radical (unpaired) electrons. The van der Waals surface area contributed by atoms with Gasteiger partial charge in [-0.3, -0.25) is 9.59 Å². The van der Waals surface area contributed by atoms with Crippen molar-refractivity contribution in [2.24, 2.45) is 0 Å². The van der Waals surface area contributed by atoms with Crippen LogP contribution in [-0.2, 0) is 4.79 Å². The maximum atomic E-state index is 12.2. The Bertz CT molecular complexity index is 552. The third-order valence-electron chi connectivity index (χ3n) is 3.27. The standard InChI is InChI=1S/C15H20ClN3O2S.ClH/c1-2-17-15(21)12-4-3-10(16)7-13(12)19-14(20)8-11-9-22-6-5-18-11;/h3-4,7,11,18H,2,5-6,8-9H2,1H3,(H,17,21)(H,19,20);1H. The number of anilines is 1. The molecule has 0 bridgehead atoms. The number of nitrogens with one attached hydrogen (secondary N) is 3. The summed E-state index contributed by atoms with van der Waals surface area (Å²) in [7, 11) is 0. The Morgan fingerprint density at radius 1 is 1.43 bits per heavy atom. The predicted octanol–water partition coefficient (Wildman–Crippen LogP) is 2.55. The first-order chi connectivity index (χ1) is 10.6. The molecule has 0 aliphatic carbocycles. The summed E-state index contributed by atoms with van der Waals surface area (Å²) in [6.07, 6.45) is 0.383. The second-order valence-corrected chi connectivity index (χ2v) is 6.61. The molecule has 1 fully saturated rings. The first kappa shape index (κ1) is 20.1. The summed E-state index contributed by atoms with van der Waals surface area (Å²) >= 11 is 7.82. The van der Waals surface area contributed by atoms with Crippen LogP contribution in [0, 0.1) is 0 Å². The van der Waals surface area contributed by atoms with Gasteiger partial charge in [0.2, 0.25) is 5.91 Å². The van der Waals surface area contributed by atoms with Crippen molar-refractivity contribution < 1.29 is 9.59 Å². The molecular formula is C15H21Cl2N3O2S. The molecular weight excluding hydrogens is 357 g/mol. The van der Waals surface area contributed by atoms with E-state index < -0.39 is 0 Å². The normalized spacial score (nSPS) is 17.0. The number of benzene rings is 1. The molecule has 1 unspecified atom stereocenters. The van der Waals surface area contributed by atoms with Gasteiger partial charge in [-0.05, 0) is 25.1 Å². The van der Waals surface area contributed by atoms with Crippen LogP contribution < -0.4 is 16.0 Å². The summed E-state index contributed by atoms with van der Waals surface area (Å²) in [6, 6.07) is 5.04. The third kappa shape index (κ3) is 6.22. The number of carbonyl (C=O) groups excluding carboxylic acids is 2. The average molecular weight is 378 g/mol. The topological polar surface area (TPSA) is 70.2 Å². The Hall–Kier alpha value is -0.950. The highest BCUT2D eigenvalue weighted by Crippen LogP contribution is 2.22. The number of amides is 2. The van der Waals surface area contributed by atoms with Crippen molar-refractivity contribution >= 4 is 53.3 Å². The number of hydrogen-bond donors (Lipinski definition) is 3. The van der Waals surface area contributed by atoms with E-state index in [4.69, 9.17) is 11.6 Å². The van der Waals surface area contributed by atoms with Gasteiger partial charge in [-0.2, -0.15) is 11.8 Å². The van der Waals surface area contributed by atoms with E-state index in [0.717, 1.165) is 18.1 Å². The predicted molar refractivity (Wildman–Crippen MR) is 99.1 cm³/mol. The average Bonchev–Trinajstić information content (AvgIpc) is 2.48. The maximum absolute atomic E-state index is 12.2. The molecule has 1 atom stereocenters. The molecule has 1 aliphatic rings. The summed E-state index contributed by atoms with van der Waals surface area (Å²) in [5.74, 6) is 1.66. The lowest BCUT2D eigenvalue weighted by Crippen LogP contribution is -2.40. The monoisotopic (exact) mass is 377 g/mol. The van der Waals surface area contributed by atoms with Gasteiger partial charge in [0.25, 0.3) is 5.91 Å². The molecule has 0 aromatic heterocycles. The summed E-state index contributed by atoms with van der Waals surface area (Å²) in [5, 5.41) is 9.33. The minimum atomic E-state index is -0.221. The van der Waals surface area contributed by atoms with E-state index in [9.17, 15) is 9.59 Å². The molecule has 23 heavy (non-hydrogen) atoms. The summed E-state index contributed by atoms with van der Waals surface area (Å²) in [4.78, 5) is 24.2. The number of carbonyl (C=O) groups is 2. The van der Waals surface area contributed by atoms with E-state index in [1.165, 1.54) is 0 Å². The van der Waals surface area contributed by atoms with Crippen LogP contribution in [-0.4, -0.2) is 42.5 Å². The molecule has 1 aromatic rings. The van der Waals surface area contributed by atoms with Gasteiger partial charge in [-0.1, -0.05) is 11.6 Å². The fraction of sp³-hybridized carbons (Fsp3) is 0.467. The zero-order valence-corrected chi connectivity index (χ0v) is 15.2. The molecule has 2 amide bonds. The minimum Gasteiger partial charge on any atom is -0.352 e. The highest BCUT2D eigenvalue weighted by atomic mass is 35.5. The second kappa shape index (κ2) is 10.0. The molecule has 8 heteroatoms. The van der Waals surface area contributed by atoms with Crippen LogP contribution in [0.2, 0.25) is 5.02 Å². The molecule has 2 rings (SSSR count). The third-order valence-corrected chi connectivity index (χ3v) is 4.63. The van der Waals surface area contributed by atoms with Crippen molar-refractivity contribution in [2.75, 3.05) is 29.9 Å². The Morgan fingerprint density at radius 2 is 2.22 bits per heavy atom. The number of hydrogen-bond acceptors (Lipinski definition) is 4. The summed E-state index contributed by atoms with van der Waals surface area (Å²) in [5.41, 5.74) is 0.873. The highest BCUT2D eigenvalue weighted by Gasteiger charge is 2.19. The van der Waals surface area contributed by atoms with Gasteiger partial charge >= 0.3 is 0 Å². The SMILES string of the molecule is CCNC(=O)c1ccc(Cl)cc1NC(=O)CC1CSCCN1.Cl. The fourth-order valence-electron chi connectivity index (χ4n) is 2.25. The lowest BCUT2D eigenvalue weighted by molar-refractivity contribution is -0.116. The van der Waals surface area contributed by atoms with Gasteiger partial charge in [0.1, 0.15) is 0 Å². The van der Waals surface area contributed by atoms with E-state index >= 15 is 0 Å². The highest BCUT2D eigenvalue weighted by molar-refractivity contribution is 7.99. The first-order valence-electron chi connectivity index (χ1n) is 7.29. The summed E-state index contributed by atoms with van der Waals surface area (Å²) < 4.78 is 0. The van der Waals surface area contributed by atoms with E-state index in [1.807, 2.05) is 18.7 Å². The van der Waals surface area contributed by atoms with Crippen molar-refractivity contribution in [3.05, 3.63) is 28.8 Å². The molecule has 1 aliphatic heterocycles. The molecule has 0 saturated carbocycles. The van der Waals surface area contributed by atoms with Crippen LogP contribution in [0.25, 0.3) is 0 Å². The van der Waals surface area contributed by atoms with Crippen LogP contribution in [0.15, 0.2) is 18.2 Å². The molecule has 0 spiro atoms. The minimum absolute atomic E-state index is 0. The maximum Gasteiger partial charge on any atom is 0.253 e. The van der Waals surface area contributed by atoms with Crippen molar-refractivity contribution in [1.82, 2.24) is 10.6 Å². The first-order valence-corrected chi connectivity index (χ1v) is 8.82. The molecule has 1 aromatic carbocycles. The van der Waals surface area contributed by atoms with Gasteiger partial charge in [-0.15, -0.1) is 12.4 Å². The van der Waals surface area contributed by atoms with Crippen molar-refractivity contribution in [1.29, 1.82) is 0 Å². The van der Waals surface area contributed by atoms with Crippen molar-refractivity contribution in [3.63, 3.8) is 0 Å². The Kier molecular flexibility index (Phi) is 8.76. The van der Waals surface area contributed by atoms with Crippen LogP contribution in [0.1, 0.15) is 23.7 Å². The van der Waals surface area contributed by atoms with E-state index in [2.05, 4.69) is 16.0 Å². The van der Waals surface area contributed by atoms with E-state index in [0.29, 0.717) is 29.2 Å². The zero-order chi connectivity index (χ0) is 15.9. The number of halogens is 2. The smallest absolute Gasteiger partial charge is 0.253 e. The summed E-state index contributed by atoms with van der Waals surface area (Å²) in [6.45, 7) is 3.29.